The lowest BCUT2D eigenvalue weighted by Crippen LogP contribution is -2.45. The number of para-hydroxylation sites is 1. The van der Waals surface area contributed by atoms with Crippen LogP contribution in [0.5, 0.6) is 0 Å². The molecule has 0 spiro atoms. The predicted molar refractivity (Wildman–Crippen MR) is 76.9 cm³/mol. The average Bonchev–Trinajstić information content (AvgIpc) is 2.61. The first-order valence-corrected chi connectivity index (χ1v) is 6.93. The number of nitrogens with zero attached hydrogens (tertiary/aromatic N) is 1. The van der Waals surface area contributed by atoms with Crippen molar-refractivity contribution in [3.8, 4) is 0 Å². The van der Waals surface area contributed by atoms with Gasteiger partial charge in [-0.05, 0) is 37.8 Å². The molecule has 2 fully saturated rings. The molecule has 2 unspecified atom stereocenters. The maximum atomic E-state index is 9.86. The fourth-order valence-corrected chi connectivity index (χ4v) is 3.62. The van der Waals surface area contributed by atoms with Gasteiger partial charge in [0.2, 0.25) is 0 Å². The Morgan fingerprint density at radius 3 is 2.44 bits per heavy atom. The first-order valence-electron chi connectivity index (χ1n) is 6.52. The molecule has 3 rings (SSSR count). The van der Waals surface area contributed by atoms with E-state index in [1.165, 1.54) is 0 Å². The van der Waals surface area contributed by atoms with E-state index in [4.69, 9.17) is 18.0 Å². The van der Waals surface area contributed by atoms with Crippen LogP contribution >= 0.6 is 12.2 Å². The molecule has 18 heavy (non-hydrogen) atoms. The minimum atomic E-state index is -0.143. The quantitative estimate of drug-likeness (QED) is 0.798. The van der Waals surface area contributed by atoms with Crippen molar-refractivity contribution in [2.75, 3.05) is 4.90 Å². The van der Waals surface area contributed by atoms with Gasteiger partial charge in [0.05, 0.1) is 6.10 Å². The molecule has 0 aromatic heterocycles. The highest BCUT2D eigenvalue weighted by Gasteiger charge is 2.40. The summed E-state index contributed by atoms with van der Waals surface area (Å²) in [5.41, 5.74) is 7.92. The lowest BCUT2D eigenvalue weighted by molar-refractivity contribution is 0.126. The Hall–Kier alpha value is -1.13. The van der Waals surface area contributed by atoms with Crippen molar-refractivity contribution in [3.63, 3.8) is 0 Å². The van der Waals surface area contributed by atoms with Gasteiger partial charge in [-0.25, -0.2) is 0 Å². The highest BCUT2D eigenvalue weighted by Crippen LogP contribution is 2.40. The van der Waals surface area contributed by atoms with E-state index < -0.39 is 0 Å². The van der Waals surface area contributed by atoms with Crippen molar-refractivity contribution in [2.24, 2.45) is 5.73 Å². The van der Waals surface area contributed by atoms with E-state index in [2.05, 4.69) is 11.0 Å². The fraction of sp³-hybridized carbons (Fsp3) is 0.500. The number of piperidine rings is 1. The van der Waals surface area contributed by atoms with E-state index in [1.54, 1.807) is 0 Å². The number of aliphatic hydroxyl groups excluding tert-OH is 1. The Balaban J connectivity index is 1.99. The molecule has 0 aliphatic carbocycles. The number of benzene rings is 1. The Morgan fingerprint density at radius 2 is 1.83 bits per heavy atom. The second kappa shape index (κ2) is 4.52. The smallest absolute Gasteiger partial charge is 0.106 e. The molecule has 0 radical (unpaired) electrons. The molecular formula is C14H18N2OS. The summed E-state index contributed by atoms with van der Waals surface area (Å²) in [6.45, 7) is 0. The van der Waals surface area contributed by atoms with Crippen LogP contribution in [0, 0.1) is 0 Å². The Labute approximate surface area is 113 Å². The summed E-state index contributed by atoms with van der Waals surface area (Å²) in [4.78, 5) is 2.89. The highest BCUT2D eigenvalue weighted by atomic mass is 32.1. The van der Waals surface area contributed by atoms with Crippen molar-refractivity contribution in [1.29, 1.82) is 0 Å². The summed E-state index contributed by atoms with van der Waals surface area (Å²) in [6.07, 6.45) is 3.90. The molecule has 2 aliphatic rings. The summed E-state index contributed by atoms with van der Waals surface area (Å²) in [5, 5.41) is 9.86. The molecule has 1 aromatic carbocycles. The van der Waals surface area contributed by atoms with Crippen LogP contribution in [0.4, 0.5) is 5.69 Å². The molecule has 1 aromatic rings. The molecule has 3 nitrogen and oxygen atoms in total. The summed E-state index contributed by atoms with van der Waals surface area (Å²) in [5.74, 6) is 0. The van der Waals surface area contributed by atoms with Crippen molar-refractivity contribution in [1.82, 2.24) is 0 Å². The third-order valence-corrected chi connectivity index (χ3v) is 4.38. The van der Waals surface area contributed by atoms with Gasteiger partial charge in [0.1, 0.15) is 4.99 Å². The zero-order valence-corrected chi connectivity index (χ0v) is 11.1. The molecule has 2 heterocycles. The molecule has 0 saturated carbocycles. The van der Waals surface area contributed by atoms with E-state index in [9.17, 15) is 5.11 Å². The van der Waals surface area contributed by atoms with Gasteiger partial charge >= 0.3 is 0 Å². The number of aliphatic hydroxyl groups is 1. The van der Waals surface area contributed by atoms with Gasteiger partial charge in [0, 0.05) is 23.3 Å². The molecule has 96 valence electrons. The van der Waals surface area contributed by atoms with Crippen molar-refractivity contribution in [2.45, 2.75) is 43.9 Å². The SMILES string of the molecule is NC(=S)c1ccccc1N1C2CCC1CC(O)C2. The molecule has 2 atom stereocenters. The lowest BCUT2D eigenvalue weighted by atomic mass is 9.98. The van der Waals surface area contributed by atoms with E-state index in [0.29, 0.717) is 17.1 Å². The Kier molecular flexibility index (Phi) is 2.99. The van der Waals surface area contributed by atoms with Crippen LogP contribution in [0.2, 0.25) is 0 Å². The first-order chi connectivity index (χ1) is 8.66. The van der Waals surface area contributed by atoms with Crippen LogP contribution in [-0.2, 0) is 0 Å². The zero-order chi connectivity index (χ0) is 12.7. The van der Waals surface area contributed by atoms with E-state index >= 15 is 0 Å². The maximum absolute atomic E-state index is 9.86. The number of hydrogen-bond donors (Lipinski definition) is 2. The molecule has 0 amide bonds. The van der Waals surface area contributed by atoms with E-state index in [1.807, 2.05) is 18.2 Å². The summed E-state index contributed by atoms with van der Waals surface area (Å²) in [7, 11) is 0. The highest BCUT2D eigenvalue weighted by molar-refractivity contribution is 7.80. The van der Waals surface area contributed by atoms with Crippen LogP contribution in [-0.4, -0.2) is 28.3 Å². The number of thiocarbonyl (C=S) groups is 1. The summed E-state index contributed by atoms with van der Waals surface area (Å²) < 4.78 is 0. The molecule has 4 heteroatoms. The second-order valence-corrected chi connectivity index (χ2v) is 5.74. The standard InChI is InChI=1S/C14H18N2OS/c15-14(18)12-3-1-2-4-13(12)16-9-5-6-10(16)8-11(17)7-9/h1-4,9-11,17H,5-8H2,(H2,15,18). The number of nitrogens with two attached hydrogens (primary N) is 1. The van der Waals surface area contributed by atoms with Gasteiger partial charge in [-0.2, -0.15) is 0 Å². The van der Waals surface area contributed by atoms with Crippen molar-refractivity contribution >= 4 is 22.9 Å². The van der Waals surface area contributed by atoms with Gasteiger partial charge in [0.15, 0.2) is 0 Å². The van der Waals surface area contributed by atoms with Gasteiger partial charge in [0.25, 0.3) is 0 Å². The lowest BCUT2D eigenvalue weighted by Gasteiger charge is -2.39. The number of anilines is 1. The molecule has 2 bridgehead atoms. The normalized spacial score (nSPS) is 30.5. The van der Waals surface area contributed by atoms with E-state index in [0.717, 1.165) is 36.9 Å². The zero-order valence-electron chi connectivity index (χ0n) is 10.2. The van der Waals surface area contributed by atoms with Gasteiger partial charge < -0.3 is 15.7 Å². The largest absolute Gasteiger partial charge is 0.393 e. The third kappa shape index (κ3) is 1.89. The molecule has 3 N–H and O–H groups in total. The van der Waals surface area contributed by atoms with Crippen LogP contribution in [0.25, 0.3) is 0 Å². The third-order valence-electron chi connectivity index (χ3n) is 4.16. The molecule has 2 saturated heterocycles. The van der Waals surface area contributed by atoms with E-state index in [-0.39, 0.29) is 6.10 Å². The van der Waals surface area contributed by atoms with Crippen molar-refractivity contribution < 1.29 is 5.11 Å². The first kappa shape index (κ1) is 11.9. The molecule has 2 aliphatic heterocycles. The van der Waals surface area contributed by atoms with Gasteiger partial charge in [-0.3, -0.25) is 0 Å². The Morgan fingerprint density at radius 1 is 1.22 bits per heavy atom. The van der Waals surface area contributed by atoms with Crippen LogP contribution in [0.15, 0.2) is 24.3 Å². The summed E-state index contributed by atoms with van der Waals surface area (Å²) >= 11 is 5.14. The topological polar surface area (TPSA) is 49.5 Å². The molecular weight excluding hydrogens is 244 g/mol. The van der Waals surface area contributed by atoms with Gasteiger partial charge in [-0.15, -0.1) is 0 Å². The minimum absolute atomic E-state index is 0.143. The van der Waals surface area contributed by atoms with Crippen LogP contribution in [0.1, 0.15) is 31.2 Å². The van der Waals surface area contributed by atoms with Crippen LogP contribution < -0.4 is 10.6 Å². The number of rotatable bonds is 2. The number of fused-ring (bicyclic) bond motifs is 2. The van der Waals surface area contributed by atoms with Crippen LogP contribution in [0.3, 0.4) is 0 Å². The van der Waals surface area contributed by atoms with Gasteiger partial charge in [-0.1, -0.05) is 24.4 Å². The second-order valence-electron chi connectivity index (χ2n) is 5.30. The predicted octanol–water partition coefficient (Wildman–Crippen LogP) is 1.81. The number of hydrogen-bond acceptors (Lipinski definition) is 3. The monoisotopic (exact) mass is 262 g/mol. The Bertz CT molecular complexity index is 463. The minimum Gasteiger partial charge on any atom is -0.393 e. The maximum Gasteiger partial charge on any atom is 0.106 e. The van der Waals surface area contributed by atoms with Crippen molar-refractivity contribution in [3.05, 3.63) is 29.8 Å². The summed E-state index contributed by atoms with van der Waals surface area (Å²) in [6, 6.07) is 8.96. The fourth-order valence-electron chi connectivity index (χ4n) is 3.45. The average molecular weight is 262 g/mol.